The Hall–Kier alpha value is -2.69. The molecule has 0 aromatic heterocycles. The second-order valence-corrected chi connectivity index (χ2v) is 10.7. The van der Waals surface area contributed by atoms with Gasteiger partial charge in [-0.05, 0) is 55.7 Å². The molecule has 4 rings (SSSR count). The van der Waals surface area contributed by atoms with Crippen molar-refractivity contribution in [2.24, 2.45) is 11.8 Å². The SMILES string of the molecule is N#Cc1ccccc1S(=O)(=O)N1CCC(C(=O)N2CCC(Cc3ccccc3)CC2)CC1. The normalized spacial score (nSPS) is 18.9. The van der Waals surface area contributed by atoms with E-state index in [1.54, 1.807) is 12.1 Å². The first-order valence-electron chi connectivity index (χ1n) is 11.3. The van der Waals surface area contributed by atoms with Crippen molar-refractivity contribution in [3.05, 3.63) is 65.7 Å². The molecule has 2 heterocycles. The van der Waals surface area contributed by atoms with Gasteiger partial charge >= 0.3 is 0 Å². The van der Waals surface area contributed by atoms with Gasteiger partial charge in [-0.2, -0.15) is 9.57 Å². The highest BCUT2D eigenvalue weighted by molar-refractivity contribution is 7.89. The Kier molecular flexibility index (Phi) is 6.92. The Morgan fingerprint density at radius 2 is 1.53 bits per heavy atom. The van der Waals surface area contributed by atoms with Gasteiger partial charge in [-0.25, -0.2) is 8.42 Å². The maximum Gasteiger partial charge on any atom is 0.244 e. The van der Waals surface area contributed by atoms with E-state index in [4.69, 9.17) is 0 Å². The molecule has 0 spiro atoms. The van der Waals surface area contributed by atoms with E-state index in [0.29, 0.717) is 31.8 Å². The molecular formula is C25H29N3O3S. The summed E-state index contributed by atoms with van der Waals surface area (Å²) in [5.74, 6) is 0.643. The molecule has 6 nitrogen and oxygen atoms in total. The molecule has 2 saturated heterocycles. The van der Waals surface area contributed by atoms with Gasteiger partial charge in [-0.15, -0.1) is 0 Å². The van der Waals surface area contributed by atoms with Crippen molar-refractivity contribution in [3.63, 3.8) is 0 Å². The zero-order valence-corrected chi connectivity index (χ0v) is 19.0. The summed E-state index contributed by atoms with van der Waals surface area (Å²) in [5.41, 5.74) is 1.51. The lowest BCUT2D eigenvalue weighted by atomic mass is 9.89. The average molecular weight is 452 g/mol. The third-order valence-electron chi connectivity index (χ3n) is 6.72. The average Bonchev–Trinajstić information content (AvgIpc) is 2.85. The monoisotopic (exact) mass is 451 g/mol. The summed E-state index contributed by atoms with van der Waals surface area (Å²) in [4.78, 5) is 15.1. The number of sulfonamides is 1. The fraction of sp³-hybridized carbons (Fsp3) is 0.440. The molecular weight excluding hydrogens is 422 g/mol. The van der Waals surface area contributed by atoms with Crippen LogP contribution < -0.4 is 0 Å². The number of nitrogens with zero attached hydrogens (tertiary/aromatic N) is 3. The van der Waals surface area contributed by atoms with Crippen molar-refractivity contribution < 1.29 is 13.2 Å². The minimum Gasteiger partial charge on any atom is -0.342 e. The molecule has 1 amide bonds. The van der Waals surface area contributed by atoms with E-state index >= 15 is 0 Å². The van der Waals surface area contributed by atoms with Gasteiger partial charge in [-0.1, -0.05) is 42.5 Å². The van der Waals surface area contributed by atoms with Gasteiger partial charge < -0.3 is 4.90 Å². The van der Waals surface area contributed by atoms with Crippen LogP contribution in [0.3, 0.4) is 0 Å². The number of piperidine rings is 2. The molecule has 0 bridgehead atoms. The Morgan fingerprint density at radius 3 is 2.19 bits per heavy atom. The van der Waals surface area contributed by atoms with Crippen LogP contribution in [0.1, 0.15) is 36.8 Å². The molecule has 0 unspecified atom stereocenters. The summed E-state index contributed by atoms with van der Waals surface area (Å²) in [6.45, 7) is 2.18. The first-order chi connectivity index (χ1) is 15.5. The van der Waals surface area contributed by atoms with Gasteiger partial charge in [0, 0.05) is 32.1 Å². The molecule has 0 atom stereocenters. The summed E-state index contributed by atoms with van der Waals surface area (Å²) in [6.07, 6.45) is 4.13. The van der Waals surface area contributed by atoms with Gasteiger partial charge in [0.25, 0.3) is 0 Å². The summed E-state index contributed by atoms with van der Waals surface area (Å²) in [6, 6.07) is 18.7. The minimum atomic E-state index is -3.73. The largest absolute Gasteiger partial charge is 0.342 e. The smallest absolute Gasteiger partial charge is 0.244 e. The van der Waals surface area contributed by atoms with Crippen LogP contribution in [0.4, 0.5) is 0 Å². The van der Waals surface area contributed by atoms with Crippen molar-refractivity contribution in [2.45, 2.75) is 37.0 Å². The summed E-state index contributed by atoms with van der Waals surface area (Å²) >= 11 is 0. The van der Waals surface area contributed by atoms with Crippen LogP contribution in [0, 0.1) is 23.2 Å². The predicted octanol–water partition coefficient (Wildman–Crippen LogP) is 3.44. The lowest BCUT2D eigenvalue weighted by Gasteiger charge is -2.37. The number of hydrogen-bond acceptors (Lipinski definition) is 4. The van der Waals surface area contributed by atoms with Gasteiger partial charge in [0.1, 0.15) is 6.07 Å². The third kappa shape index (κ3) is 4.87. The number of carbonyl (C=O) groups is 1. The summed E-state index contributed by atoms with van der Waals surface area (Å²) < 4.78 is 27.4. The van der Waals surface area contributed by atoms with E-state index in [1.165, 1.54) is 22.0 Å². The summed E-state index contributed by atoms with van der Waals surface area (Å²) in [7, 11) is -3.73. The van der Waals surface area contributed by atoms with Gasteiger partial charge in [0.2, 0.25) is 15.9 Å². The van der Waals surface area contributed by atoms with Crippen molar-refractivity contribution in [2.75, 3.05) is 26.2 Å². The van der Waals surface area contributed by atoms with Gasteiger partial charge in [0.15, 0.2) is 0 Å². The molecule has 0 N–H and O–H groups in total. The number of likely N-dealkylation sites (tertiary alicyclic amines) is 1. The Morgan fingerprint density at radius 1 is 0.906 bits per heavy atom. The number of amides is 1. The van der Waals surface area contributed by atoms with Crippen molar-refractivity contribution in [1.29, 1.82) is 5.26 Å². The Balaban J connectivity index is 1.30. The van der Waals surface area contributed by atoms with E-state index in [0.717, 1.165) is 32.4 Å². The quantitative estimate of drug-likeness (QED) is 0.697. The number of rotatable bonds is 5. The third-order valence-corrected chi connectivity index (χ3v) is 8.68. The summed E-state index contributed by atoms with van der Waals surface area (Å²) in [5, 5.41) is 9.26. The topological polar surface area (TPSA) is 81.5 Å². The van der Waals surface area contributed by atoms with Crippen LogP contribution in [-0.4, -0.2) is 49.7 Å². The van der Waals surface area contributed by atoms with E-state index in [-0.39, 0.29) is 22.3 Å². The molecule has 168 valence electrons. The Bertz CT molecular complexity index is 1080. The molecule has 2 aromatic carbocycles. The predicted molar refractivity (Wildman–Crippen MR) is 122 cm³/mol. The lowest BCUT2D eigenvalue weighted by molar-refractivity contribution is -0.138. The highest BCUT2D eigenvalue weighted by Gasteiger charge is 2.35. The van der Waals surface area contributed by atoms with Gasteiger partial charge in [0.05, 0.1) is 10.5 Å². The maximum absolute atomic E-state index is 13.1. The van der Waals surface area contributed by atoms with E-state index in [2.05, 4.69) is 24.3 Å². The van der Waals surface area contributed by atoms with E-state index in [1.807, 2.05) is 17.0 Å². The first-order valence-corrected chi connectivity index (χ1v) is 12.7. The van der Waals surface area contributed by atoms with Crippen molar-refractivity contribution in [3.8, 4) is 6.07 Å². The second kappa shape index (κ2) is 9.85. The van der Waals surface area contributed by atoms with Crippen molar-refractivity contribution in [1.82, 2.24) is 9.21 Å². The van der Waals surface area contributed by atoms with Crippen LogP contribution in [-0.2, 0) is 21.2 Å². The van der Waals surface area contributed by atoms with Crippen LogP contribution in [0.15, 0.2) is 59.5 Å². The number of hydrogen-bond donors (Lipinski definition) is 0. The van der Waals surface area contributed by atoms with E-state index < -0.39 is 10.0 Å². The minimum absolute atomic E-state index is 0.0489. The van der Waals surface area contributed by atoms with Crippen LogP contribution in [0.25, 0.3) is 0 Å². The zero-order valence-electron chi connectivity index (χ0n) is 18.2. The van der Waals surface area contributed by atoms with Crippen molar-refractivity contribution >= 4 is 15.9 Å². The zero-order chi connectivity index (χ0) is 22.6. The van der Waals surface area contributed by atoms with Crippen LogP contribution in [0.5, 0.6) is 0 Å². The Labute approximate surface area is 190 Å². The molecule has 32 heavy (non-hydrogen) atoms. The number of benzene rings is 2. The van der Waals surface area contributed by atoms with Gasteiger partial charge in [-0.3, -0.25) is 4.79 Å². The van der Waals surface area contributed by atoms with E-state index in [9.17, 15) is 18.5 Å². The number of carbonyl (C=O) groups excluding carboxylic acids is 1. The molecule has 2 aliphatic rings. The number of nitriles is 1. The molecule has 0 radical (unpaired) electrons. The fourth-order valence-electron chi connectivity index (χ4n) is 4.83. The molecule has 7 heteroatoms. The lowest BCUT2D eigenvalue weighted by Crippen LogP contribution is -2.46. The highest BCUT2D eigenvalue weighted by atomic mass is 32.2. The standard InChI is InChI=1S/C25H29N3O3S/c26-19-23-8-4-5-9-24(23)32(30,31)28-16-12-22(13-17-28)25(29)27-14-10-21(11-15-27)18-20-6-2-1-3-7-20/h1-9,21-22H,10-18H2. The second-order valence-electron chi connectivity index (χ2n) is 8.74. The highest BCUT2D eigenvalue weighted by Crippen LogP contribution is 2.28. The molecule has 0 saturated carbocycles. The van der Waals surface area contributed by atoms with Crippen LogP contribution in [0.2, 0.25) is 0 Å². The molecule has 0 aliphatic carbocycles. The van der Waals surface area contributed by atoms with Crippen LogP contribution >= 0.6 is 0 Å². The fourth-order valence-corrected chi connectivity index (χ4v) is 6.44. The molecule has 2 aromatic rings. The first kappa shape index (κ1) is 22.5. The molecule has 2 fully saturated rings. The maximum atomic E-state index is 13.1. The molecule has 2 aliphatic heterocycles.